The number of hydrogen-bond acceptors (Lipinski definition) is 5. The highest BCUT2D eigenvalue weighted by Gasteiger charge is 2.31. The molecule has 0 saturated carbocycles. The molecule has 0 radical (unpaired) electrons. The van der Waals surface area contributed by atoms with Gasteiger partial charge >= 0.3 is 6.18 Å². The Balaban J connectivity index is 1.39. The molecule has 4 rings (SSSR count). The van der Waals surface area contributed by atoms with Crippen molar-refractivity contribution >= 4 is 17.8 Å². The number of pyridine rings is 1. The molecule has 3 N–H and O–H groups in total. The SMILES string of the molecule is N=Cc1ncc(-c2cnn(C3CCN(C(=O)c4ccc(C(F)(F)F)cc4)CC3)c2)cc1N. The second kappa shape index (κ2) is 8.45. The lowest BCUT2D eigenvalue weighted by Gasteiger charge is -2.32. The van der Waals surface area contributed by atoms with Crippen molar-refractivity contribution in [2.45, 2.75) is 25.1 Å². The topological polar surface area (TPSA) is 101 Å². The molecular formula is C22H21F3N6O. The lowest BCUT2D eigenvalue weighted by molar-refractivity contribution is -0.137. The number of hydrogen-bond donors (Lipinski definition) is 2. The summed E-state index contributed by atoms with van der Waals surface area (Å²) in [5, 5.41) is 11.7. The number of likely N-dealkylation sites (tertiary alicyclic amines) is 1. The minimum atomic E-state index is -4.42. The normalized spacial score (nSPS) is 15.0. The van der Waals surface area contributed by atoms with Gasteiger partial charge in [0.15, 0.2) is 0 Å². The number of amides is 1. The predicted molar refractivity (Wildman–Crippen MR) is 113 cm³/mol. The van der Waals surface area contributed by atoms with Gasteiger partial charge in [0.25, 0.3) is 5.91 Å². The molecule has 0 spiro atoms. The third kappa shape index (κ3) is 4.34. The molecule has 1 aromatic carbocycles. The van der Waals surface area contributed by atoms with Crippen LogP contribution in [0.3, 0.4) is 0 Å². The first kappa shape index (κ1) is 21.5. The van der Waals surface area contributed by atoms with E-state index in [0.717, 1.165) is 29.5 Å². The molecule has 0 atom stereocenters. The molecule has 1 aliphatic heterocycles. The van der Waals surface area contributed by atoms with Crippen LogP contribution < -0.4 is 5.73 Å². The molecule has 10 heteroatoms. The Labute approximate surface area is 182 Å². The highest BCUT2D eigenvalue weighted by molar-refractivity contribution is 5.94. The molecule has 1 fully saturated rings. The zero-order valence-corrected chi connectivity index (χ0v) is 17.0. The monoisotopic (exact) mass is 442 g/mol. The van der Waals surface area contributed by atoms with Crippen LogP contribution in [0, 0.1) is 5.41 Å². The number of nitrogens with one attached hydrogen (secondary N) is 1. The summed E-state index contributed by atoms with van der Waals surface area (Å²) in [4.78, 5) is 18.5. The van der Waals surface area contributed by atoms with Crippen molar-refractivity contribution in [1.29, 1.82) is 5.41 Å². The standard InChI is InChI=1S/C22H21F3N6O/c23-22(24,25)17-3-1-14(2-4-17)21(32)30-7-5-18(6-8-30)31-13-16(12-29-31)15-9-19(27)20(10-26)28-11-15/h1-4,9-13,18,26H,5-8,27H2. The quantitative estimate of drug-likeness (QED) is 0.596. The Morgan fingerprint density at radius 3 is 2.41 bits per heavy atom. The molecule has 166 valence electrons. The van der Waals surface area contributed by atoms with E-state index in [9.17, 15) is 18.0 Å². The Morgan fingerprint density at radius 1 is 1.12 bits per heavy atom. The number of halogens is 3. The van der Waals surface area contributed by atoms with Crippen LogP contribution in [0.25, 0.3) is 11.1 Å². The third-order valence-corrected chi connectivity index (χ3v) is 5.61. The average Bonchev–Trinajstić information content (AvgIpc) is 3.28. The molecule has 1 aliphatic rings. The van der Waals surface area contributed by atoms with Gasteiger partial charge in [-0.05, 0) is 43.2 Å². The van der Waals surface area contributed by atoms with E-state index in [1.807, 2.05) is 10.9 Å². The van der Waals surface area contributed by atoms with Crippen LogP contribution in [0.2, 0.25) is 0 Å². The first-order chi connectivity index (χ1) is 15.3. The highest BCUT2D eigenvalue weighted by Crippen LogP contribution is 2.30. The number of anilines is 1. The fourth-order valence-electron chi connectivity index (χ4n) is 3.78. The molecule has 0 aliphatic carbocycles. The summed E-state index contributed by atoms with van der Waals surface area (Å²) in [6, 6.07) is 6.16. The van der Waals surface area contributed by atoms with Crippen molar-refractivity contribution < 1.29 is 18.0 Å². The second-order valence-electron chi connectivity index (χ2n) is 7.65. The summed E-state index contributed by atoms with van der Waals surface area (Å²) in [5.74, 6) is -0.272. The minimum absolute atomic E-state index is 0.103. The lowest BCUT2D eigenvalue weighted by atomic mass is 10.0. The zero-order valence-electron chi connectivity index (χ0n) is 17.0. The van der Waals surface area contributed by atoms with E-state index in [0.29, 0.717) is 37.3 Å². The summed E-state index contributed by atoms with van der Waals surface area (Å²) < 4.78 is 40.0. The van der Waals surface area contributed by atoms with Crippen molar-refractivity contribution in [3.8, 4) is 11.1 Å². The third-order valence-electron chi connectivity index (χ3n) is 5.61. The number of carbonyl (C=O) groups excluding carboxylic acids is 1. The van der Waals surface area contributed by atoms with E-state index < -0.39 is 11.7 Å². The number of nitrogens with two attached hydrogens (primary N) is 1. The first-order valence-corrected chi connectivity index (χ1v) is 10.0. The molecule has 32 heavy (non-hydrogen) atoms. The highest BCUT2D eigenvalue weighted by atomic mass is 19.4. The fourth-order valence-corrected chi connectivity index (χ4v) is 3.78. The average molecular weight is 442 g/mol. The number of nitrogens with zero attached hydrogens (tertiary/aromatic N) is 4. The van der Waals surface area contributed by atoms with Gasteiger partial charge in [-0.25, -0.2) is 0 Å². The van der Waals surface area contributed by atoms with Gasteiger partial charge in [-0.15, -0.1) is 0 Å². The number of carbonyl (C=O) groups is 1. The van der Waals surface area contributed by atoms with Crippen LogP contribution in [0.5, 0.6) is 0 Å². The van der Waals surface area contributed by atoms with Crippen LogP contribution in [0.1, 0.15) is 40.5 Å². The first-order valence-electron chi connectivity index (χ1n) is 10.0. The molecular weight excluding hydrogens is 421 g/mol. The van der Waals surface area contributed by atoms with Crippen LogP contribution >= 0.6 is 0 Å². The summed E-state index contributed by atoms with van der Waals surface area (Å²) in [5.41, 5.74) is 7.86. The van der Waals surface area contributed by atoms with Crippen LogP contribution in [0.4, 0.5) is 18.9 Å². The van der Waals surface area contributed by atoms with Gasteiger partial charge in [0, 0.05) is 48.4 Å². The smallest absolute Gasteiger partial charge is 0.397 e. The van der Waals surface area contributed by atoms with Crippen molar-refractivity contribution in [1.82, 2.24) is 19.7 Å². The molecule has 7 nitrogen and oxygen atoms in total. The Bertz CT molecular complexity index is 1130. The van der Waals surface area contributed by atoms with Crippen LogP contribution in [-0.4, -0.2) is 44.9 Å². The van der Waals surface area contributed by atoms with Gasteiger partial charge in [0.05, 0.1) is 23.5 Å². The van der Waals surface area contributed by atoms with E-state index in [-0.39, 0.29) is 17.5 Å². The molecule has 2 aromatic heterocycles. The van der Waals surface area contributed by atoms with Gasteiger partial charge in [0.1, 0.15) is 5.69 Å². The summed E-state index contributed by atoms with van der Waals surface area (Å²) in [6.07, 6.45) is 3.30. The Hall–Kier alpha value is -3.69. The van der Waals surface area contributed by atoms with E-state index in [4.69, 9.17) is 11.1 Å². The summed E-state index contributed by atoms with van der Waals surface area (Å²) in [6.45, 7) is 0.977. The number of benzene rings is 1. The Kier molecular flexibility index (Phi) is 5.68. The molecule has 3 heterocycles. The fraction of sp³-hybridized carbons (Fsp3) is 0.273. The second-order valence-corrected chi connectivity index (χ2v) is 7.65. The maximum Gasteiger partial charge on any atom is 0.416 e. The lowest BCUT2D eigenvalue weighted by Crippen LogP contribution is -2.39. The summed E-state index contributed by atoms with van der Waals surface area (Å²) in [7, 11) is 0. The van der Waals surface area contributed by atoms with Crippen molar-refractivity contribution in [2.24, 2.45) is 0 Å². The number of rotatable bonds is 4. The summed E-state index contributed by atoms with van der Waals surface area (Å²) >= 11 is 0. The molecule has 0 bridgehead atoms. The van der Waals surface area contributed by atoms with Gasteiger partial charge in [-0.3, -0.25) is 14.5 Å². The van der Waals surface area contributed by atoms with Gasteiger partial charge in [-0.1, -0.05) is 0 Å². The van der Waals surface area contributed by atoms with E-state index >= 15 is 0 Å². The van der Waals surface area contributed by atoms with Gasteiger partial charge in [0.2, 0.25) is 0 Å². The Morgan fingerprint density at radius 2 is 1.81 bits per heavy atom. The molecule has 1 saturated heterocycles. The van der Waals surface area contributed by atoms with E-state index in [2.05, 4.69) is 10.1 Å². The number of aromatic nitrogens is 3. The minimum Gasteiger partial charge on any atom is -0.397 e. The van der Waals surface area contributed by atoms with Gasteiger partial charge < -0.3 is 16.0 Å². The van der Waals surface area contributed by atoms with E-state index in [1.165, 1.54) is 12.1 Å². The number of alkyl halides is 3. The number of nitrogen functional groups attached to an aromatic ring is 1. The maximum absolute atomic E-state index is 12.7. The van der Waals surface area contributed by atoms with Crippen molar-refractivity contribution in [2.75, 3.05) is 18.8 Å². The molecule has 1 amide bonds. The largest absolute Gasteiger partial charge is 0.416 e. The maximum atomic E-state index is 12.7. The van der Waals surface area contributed by atoms with Gasteiger partial charge in [-0.2, -0.15) is 18.3 Å². The number of piperidine rings is 1. The zero-order chi connectivity index (χ0) is 22.9. The van der Waals surface area contributed by atoms with Crippen LogP contribution in [0.15, 0.2) is 48.9 Å². The van der Waals surface area contributed by atoms with Crippen molar-refractivity contribution in [3.63, 3.8) is 0 Å². The van der Waals surface area contributed by atoms with Crippen molar-refractivity contribution in [3.05, 3.63) is 65.7 Å². The molecule has 3 aromatic rings. The predicted octanol–water partition coefficient (Wildman–Crippen LogP) is 4.02. The van der Waals surface area contributed by atoms with E-state index in [1.54, 1.807) is 23.4 Å². The molecule has 0 unspecified atom stereocenters. The van der Waals surface area contributed by atoms with Crippen LogP contribution in [-0.2, 0) is 6.18 Å².